The number of hydrogen-bond acceptors (Lipinski definition) is 3. The van der Waals surface area contributed by atoms with Gasteiger partial charge in [-0.2, -0.15) is 39.5 Å². The maximum absolute atomic E-state index is 14.1. The van der Waals surface area contributed by atoms with Crippen LogP contribution in [0.1, 0.15) is 27.2 Å². The van der Waals surface area contributed by atoms with Crippen LogP contribution in [0, 0.1) is 11.8 Å². The van der Waals surface area contributed by atoms with Crippen molar-refractivity contribution in [1.82, 2.24) is 0 Å². The molecule has 0 heterocycles. The standard InChI is InChI=1S/C14H17F9O3/c1-6(2)5-9(7(3)10(25)26-8(4)24)11(15,16)12(17,18)13(19,20)14(21,22)23/h6,8-9,24H,3,5H2,1-2,4H3. The molecule has 12 heteroatoms. The van der Waals surface area contributed by atoms with Crippen LogP contribution in [0.15, 0.2) is 12.2 Å². The Labute approximate surface area is 142 Å². The Kier molecular flexibility index (Phi) is 7.22. The molecule has 0 saturated carbocycles. The number of rotatable bonds is 8. The van der Waals surface area contributed by atoms with Crippen molar-refractivity contribution in [2.45, 2.75) is 57.4 Å². The van der Waals surface area contributed by atoms with E-state index >= 15 is 0 Å². The number of alkyl halides is 9. The highest BCUT2D eigenvalue weighted by molar-refractivity contribution is 5.88. The van der Waals surface area contributed by atoms with Gasteiger partial charge in [0.1, 0.15) is 0 Å². The first-order valence-corrected chi connectivity index (χ1v) is 7.08. The van der Waals surface area contributed by atoms with Gasteiger partial charge in [-0.15, -0.1) is 0 Å². The van der Waals surface area contributed by atoms with E-state index < -0.39 is 60.0 Å². The second kappa shape index (κ2) is 7.65. The lowest BCUT2D eigenvalue weighted by atomic mass is 9.81. The van der Waals surface area contributed by atoms with Gasteiger partial charge in [0.05, 0.1) is 5.92 Å². The fraction of sp³-hybridized carbons (Fsp3) is 0.786. The van der Waals surface area contributed by atoms with Crippen molar-refractivity contribution in [3.05, 3.63) is 12.2 Å². The maximum Gasteiger partial charge on any atom is 0.460 e. The van der Waals surface area contributed by atoms with Crippen LogP contribution in [0.4, 0.5) is 39.5 Å². The predicted molar refractivity (Wildman–Crippen MR) is 70.8 cm³/mol. The van der Waals surface area contributed by atoms with Crippen molar-refractivity contribution in [1.29, 1.82) is 0 Å². The van der Waals surface area contributed by atoms with Gasteiger partial charge in [-0.05, 0) is 19.3 Å². The lowest BCUT2D eigenvalue weighted by Gasteiger charge is -2.38. The lowest BCUT2D eigenvalue weighted by Crippen LogP contribution is -2.63. The molecule has 0 aromatic rings. The first kappa shape index (κ1) is 24.5. The topological polar surface area (TPSA) is 46.5 Å². The fourth-order valence-electron chi connectivity index (χ4n) is 1.96. The molecular weight excluding hydrogens is 387 g/mol. The van der Waals surface area contributed by atoms with E-state index in [0.29, 0.717) is 0 Å². The average molecular weight is 404 g/mol. The fourth-order valence-corrected chi connectivity index (χ4v) is 1.96. The third-order valence-corrected chi connectivity index (χ3v) is 3.27. The number of aliphatic hydroxyl groups excluding tert-OH is 1. The molecule has 0 spiro atoms. The van der Waals surface area contributed by atoms with Gasteiger partial charge in [0.2, 0.25) is 0 Å². The largest absolute Gasteiger partial charge is 0.460 e. The third-order valence-electron chi connectivity index (χ3n) is 3.27. The van der Waals surface area contributed by atoms with E-state index in [1.807, 2.05) is 0 Å². The molecule has 2 unspecified atom stereocenters. The van der Waals surface area contributed by atoms with E-state index in [-0.39, 0.29) is 0 Å². The molecule has 2 atom stereocenters. The number of esters is 1. The Bertz CT molecular complexity index is 524. The first-order valence-electron chi connectivity index (χ1n) is 7.08. The van der Waals surface area contributed by atoms with Crippen LogP contribution in [-0.4, -0.2) is 41.3 Å². The summed E-state index contributed by atoms with van der Waals surface area (Å²) in [5, 5.41) is 8.85. The molecule has 0 amide bonds. The first-order chi connectivity index (χ1) is 11.3. The molecule has 0 fully saturated rings. The molecule has 0 saturated heterocycles. The second-order valence-corrected chi connectivity index (χ2v) is 5.98. The predicted octanol–water partition coefficient (Wildman–Crippen LogP) is 4.55. The van der Waals surface area contributed by atoms with E-state index in [0.717, 1.165) is 6.92 Å². The van der Waals surface area contributed by atoms with Gasteiger partial charge in [-0.3, -0.25) is 0 Å². The van der Waals surface area contributed by atoms with Crippen LogP contribution in [0.2, 0.25) is 0 Å². The van der Waals surface area contributed by atoms with Crippen LogP contribution < -0.4 is 0 Å². The van der Waals surface area contributed by atoms with Crippen LogP contribution in [0.5, 0.6) is 0 Å². The Balaban J connectivity index is 6.15. The van der Waals surface area contributed by atoms with E-state index in [1.54, 1.807) is 0 Å². The average Bonchev–Trinajstić information content (AvgIpc) is 2.41. The minimum absolute atomic E-state index is 0.840. The molecule has 0 bridgehead atoms. The summed E-state index contributed by atoms with van der Waals surface area (Å²) in [6.07, 6.45) is -9.93. The van der Waals surface area contributed by atoms with Crippen LogP contribution in [0.25, 0.3) is 0 Å². The van der Waals surface area contributed by atoms with Crippen molar-refractivity contribution < 1.29 is 54.2 Å². The highest BCUT2D eigenvalue weighted by atomic mass is 19.4. The van der Waals surface area contributed by atoms with Crippen molar-refractivity contribution in [3.63, 3.8) is 0 Å². The van der Waals surface area contributed by atoms with E-state index in [1.165, 1.54) is 13.8 Å². The van der Waals surface area contributed by atoms with Crippen molar-refractivity contribution in [3.8, 4) is 0 Å². The van der Waals surface area contributed by atoms with E-state index in [2.05, 4.69) is 11.3 Å². The summed E-state index contributed by atoms with van der Waals surface area (Å²) < 4.78 is 122. The SMILES string of the molecule is C=C(C(=O)OC(C)O)C(CC(C)C)C(F)(F)C(F)(F)C(F)(F)C(F)(F)F. The van der Waals surface area contributed by atoms with Gasteiger partial charge in [0.15, 0.2) is 6.29 Å². The molecule has 0 aromatic carbocycles. The molecule has 0 aliphatic heterocycles. The molecule has 26 heavy (non-hydrogen) atoms. The van der Waals surface area contributed by atoms with Gasteiger partial charge in [-0.1, -0.05) is 20.4 Å². The number of ether oxygens (including phenoxy) is 1. The number of carbonyl (C=O) groups is 1. The Hall–Kier alpha value is -1.46. The molecular formula is C14H17F9O3. The summed E-state index contributed by atoms with van der Waals surface area (Å²) >= 11 is 0. The molecule has 0 aromatic heterocycles. The van der Waals surface area contributed by atoms with Gasteiger partial charge in [0, 0.05) is 5.57 Å². The minimum Gasteiger partial charge on any atom is -0.433 e. The van der Waals surface area contributed by atoms with E-state index in [4.69, 9.17) is 5.11 Å². The van der Waals surface area contributed by atoms with Gasteiger partial charge in [-0.25, -0.2) is 4.79 Å². The Morgan fingerprint density at radius 2 is 1.38 bits per heavy atom. The van der Waals surface area contributed by atoms with Crippen molar-refractivity contribution in [2.75, 3.05) is 0 Å². The van der Waals surface area contributed by atoms with Gasteiger partial charge >= 0.3 is 29.9 Å². The van der Waals surface area contributed by atoms with E-state index in [9.17, 15) is 44.3 Å². The minimum atomic E-state index is -7.08. The normalized spacial score (nSPS) is 16.4. The zero-order chi connectivity index (χ0) is 21.3. The summed E-state index contributed by atoms with van der Waals surface area (Å²) in [5.74, 6) is -25.8. The van der Waals surface area contributed by atoms with Crippen LogP contribution in [-0.2, 0) is 9.53 Å². The Morgan fingerprint density at radius 3 is 1.69 bits per heavy atom. The van der Waals surface area contributed by atoms with Crippen molar-refractivity contribution >= 4 is 5.97 Å². The van der Waals surface area contributed by atoms with Crippen LogP contribution >= 0.6 is 0 Å². The molecule has 0 radical (unpaired) electrons. The number of hydrogen-bond donors (Lipinski definition) is 1. The summed E-state index contributed by atoms with van der Waals surface area (Å²) in [6.45, 7) is 5.95. The maximum atomic E-state index is 14.1. The van der Waals surface area contributed by atoms with Crippen molar-refractivity contribution in [2.24, 2.45) is 11.8 Å². The summed E-state index contributed by atoms with van der Waals surface area (Å²) in [7, 11) is 0. The summed E-state index contributed by atoms with van der Waals surface area (Å²) in [6, 6.07) is 0. The van der Waals surface area contributed by atoms with Gasteiger partial charge in [0.25, 0.3) is 0 Å². The second-order valence-electron chi connectivity index (χ2n) is 5.98. The zero-order valence-corrected chi connectivity index (χ0v) is 13.8. The third kappa shape index (κ3) is 4.63. The molecule has 154 valence electrons. The summed E-state index contributed by atoms with van der Waals surface area (Å²) in [5.41, 5.74) is -1.47. The number of halogens is 9. The zero-order valence-electron chi connectivity index (χ0n) is 13.8. The molecule has 0 aliphatic rings. The molecule has 0 aliphatic carbocycles. The highest BCUT2D eigenvalue weighted by Gasteiger charge is 2.83. The number of carbonyl (C=O) groups excluding carboxylic acids is 1. The monoisotopic (exact) mass is 404 g/mol. The molecule has 0 rings (SSSR count). The lowest BCUT2D eigenvalue weighted by molar-refractivity contribution is -0.401. The quantitative estimate of drug-likeness (QED) is 0.279. The van der Waals surface area contributed by atoms with Crippen LogP contribution in [0.3, 0.4) is 0 Å². The molecule has 3 nitrogen and oxygen atoms in total. The number of aliphatic hydroxyl groups is 1. The smallest absolute Gasteiger partial charge is 0.433 e. The Morgan fingerprint density at radius 1 is 0.962 bits per heavy atom. The highest BCUT2D eigenvalue weighted by Crippen LogP contribution is 2.57. The molecule has 1 N–H and O–H groups in total. The summed E-state index contributed by atoms with van der Waals surface area (Å²) in [4.78, 5) is 11.5. The van der Waals surface area contributed by atoms with Gasteiger partial charge < -0.3 is 9.84 Å².